The van der Waals surface area contributed by atoms with Crippen LogP contribution in [0, 0.1) is 11.3 Å². The Balaban J connectivity index is 2.06. The summed E-state index contributed by atoms with van der Waals surface area (Å²) in [6, 6.07) is 0.415. The Hall–Kier alpha value is -1.84. The molecule has 1 amide bonds. The molecule has 2 heterocycles. The molecule has 4 heteroatoms. The summed E-state index contributed by atoms with van der Waals surface area (Å²) < 4.78 is 0. The van der Waals surface area contributed by atoms with Crippen molar-refractivity contribution < 1.29 is 9.59 Å². The van der Waals surface area contributed by atoms with Crippen molar-refractivity contribution in [2.75, 3.05) is 7.05 Å². The number of amides is 1. The Morgan fingerprint density at radius 2 is 2.10 bits per heavy atom. The van der Waals surface area contributed by atoms with E-state index in [1.54, 1.807) is 6.20 Å². The normalized spacial score (nSPS) is 39.3. The molecule has 0 aromatic rings. The lowest BCUT2D eigenvalue weighted by Gasteiger charge is -2.45. The van der Waals surface area contributed by atoms with E-state index in [2.05, 4.69) is 37.2 Å². The van der Waals surface area contributed by atoms with Gasteiger partial charge in [0, 0.05) is 36.0 Å². The summed E-state index contributed by atoms with van der Waals surface area (Å²) in [7, 11) is 2.14. The minimum absolute atomic E-state index is 0.161. The first kappa shape index (κ1) is 12.9. The summed E-state index contributed by atoms with van der Waals surface area (Å²) in [5.41, 5.74) is 4.15. The zero-order valence-electron chi connectivity index (χ0n) is 12.7. The lowest BCUT2D eigenvalue weighted by atomic mass is 9.65. The van der Waals surface area contributed by atoms with Crippen molar-refractivity contribution in [2.45, 2.75) is 39.2 Å². The molecule has 2 aliphatic carbocycles. The maximum atomic E-state index is 12.6. The average Bonchev–Trinajstić information content (AvgIpc) is 2.77. The molecule has 3 atom stereocenters. The second kappa shape index (κ2) is 3.87. The second-order valence-corrected chi connectivity index (χ2v) is 6.87. The highest BCUT2D eigenvalue weighted by molar-refractivity contribution is 6.44. The number of allylic oxidation sites excluding steroid dienone is 3. The van der Waals surface area contributed by atoms with Gasteiger partial charge < -0.3 is 10.2 Å². The molecule has 0 aromatic carbocycles. The van der Waals surface area contributed by atoms with Crippen LogP contribution >= 0.6 is 0 Å². The van der Waals surface area contributed by atoms with E-state index in [9.17, 15) is 9.59 Å². The molecule has 0 spiro atoms. The molecule has 4 nitrogen and oxygen atoms in total. The summed E-state index contributed by atoms with van der Waals surface area (Å²) in [4.78, 5) is 27.0. The quantitative estimate of drug-likeness (QED) is 0.691. The van der Waals surface area contributed by atoms with Gasteiger partial charge in [0.15, 0.2) is 0 Å². The first-order valence-electron chi connectivity index (χ1n) is 7.67. The van der Waals surface area contributed by atoms with Crippen LogP contribution < -0.4 is 5.32 Å². The average molecular weight is 284 g/mol. The Morgan fingerprint density at radius 3 is 2.86 bits per heavy atom. The van der Waals surface area contributed by atoms with Gasteiger partial charge in [-0.25, -0.2) is 0 Å². The number of hydrogen-bond donors (Lipinski definition) is 1. The van der Waals surface area contributed by atoms with Crippen LogP contribution in [0.25, 0.3) is 0 Å². The molecule has 0 saturated heterocycles. The van der Waals surface area contributed by atoms with E-state index in [1.807, 2.05) is 0 Å². The van der Waals surface area contributed by atoms with Crippen LogP contribution in [-0.2, 0) is 9.59 Å². The molecule has 0 radical (unpaired) electrons. The molecule has 4 rings (SSSR count). The maximum Gasteiger partial charge on any atom is 0.296 e. The third-order valence-electron chi connectivity index (χ3n) is 6.15. The van der Waals surface area contributed by atoms with Gasteiger partial charge in [0.2, 0.25) is 0 Å². The van der Waals surface area contributed by atoms with Crippen LogP contribution in [0.1, 0.15) is 33.1 Å². The fourth-order valence-electron chi connectivity index (χ4n) is 4.72. The summed E-state index contributed by atoms with van der Waals surface area (Å²) in [6.07, 6.45) is 6.54. The number of nitrogens with zero attached hydrogens (tertiary/aromatic N) is 1. The fraction of sp³-hybridized carbons (Fsp3) is 0.529. The van der Waals surface area contributed by atoms with Gasteiger partial charge in [0.25, 0.3) is 11.7 Å². The standard InChI is InChI=1S/C17H20N2O2/c1-9-13-8-10-12(19(13)3)5-4-11-14(10)15(20)16(21)18-7-6-17(9,11)2/h6-7,9,13H,4-5,8H2,1-3H3,(H,18,21)/b7-6-. The number of likely N-dealkylation sites (tertiary alicyclic amines) is 1. The number of Topliss-reactive ketones (excluding diaryl/α,β-unsaturated/α-hetero) is 1. The monoisotopic (exact) mass is 284 g/mol. The molecule has 1 N–H and O–H groups in total. The highest BCUT2D eigenvalue weighted by Gasteiger charge is 2.51. The molecule has 2 aliphatic heterocycles. The molecule has 110 valence electrons. The Bertz CT molecular complexity index is 670. The Labute approximate surface area is 124 Å². The predicted octanol–water partition coefficient (Wildman–Crippen LogP) is 1.90. The van der Waals surface area contributed by atoms with Crippen molar-refractivity contribution in [1.82, 2.24) is 10.2 Å². The SMILES string of the molecule is CC1C2CC3=C(CCC4=C3C(=O)C(=O)N/C=C\C41C)N2C. The third-order valence-corrected chi connectivity index (χ3v) is 6.15. The van der Waals surface area contributed by atoms with Gasteiger partial charge in [-0.05, 0) is 36.3 Å². The Morgan fingerprint density at radius 1 is 1.33 bits per heavy atom. The van der Waals surface area contributed by atoms with Crippen LogP contribution in [-0.4, -0.2) is 29.7 Å². The van der Waals surface area contributed by atoms with Gasteiger partial charge in [-0.15, -0.1) is 0 Å². The molecular formula is C17H20N2O2. The molecule has 3 unspecified atom stereocenters. The largest absolute Gasteiger partial charge is 0.374 e. The van der Waals surface area contributed by atoms with Crippen molar-refractivity contribution in [3.05, 3.63) is 34.7 Å². The van der Waals surface area contributed by atoms with Crippen molar-refractivity contribution in [2.24, 2.45) is 11.3 Å². The fourth-order valence-corrected chi connectivity index (χ4v) is 4.72. The van der Waals surface area contributed by atoms with E-state index in [-0.39, 0.29) is 11.2 Å². The second-order valence-electron chi connectivity index (χ2n) is 6.87. The predicted molar refractivity (Wildman–Crippen MR) is 79.0 cm³/mol. The summed E-state index contributed by atoms with van der Waals surface area (Å²) in [6.45, 7) is 4.49. The van der Waals surface area contributed by atoms with Crippen LogP contribution in [0.4, 0.5) is 0 Å². The van der Waals surface area contributed by atoms with Crippen LogP contribution in [0.3, 0.4) is 0 Å². The van der Waals surface area contributed by atoms with E-state index < -0.39 is 5.91 Å². The number of carbonyl (C=O) groups is 2. The number of hydrogen-bond acceptors (Lipinski definition) is 3. The van der Waals surface area contributed by atoms with Gasteiger partial charge in [-0.2, -0.15) is 0 Å². The molecule has 0 saturated carbocycles. The minimum Gasteiger partial charge on any atom is -0.374 e. The molecular weight excluding hydrogens is 264 g/mol. The summed E-state index contributed by atoms with van der Waals surface area (Å²) >= 11 is 0. The first-order chi connectivity index (χ1) is 9.95. The molecule has 0 aromatic heterocycles. The van der Waals surface area contributed by atoms with E-state index in [4.69, 9.17) is 0 Å². The van der Waals surface area contributed by atoms with Gasteiger partial charge in [-0.3, -0.25) is 9.59 Å². The van der Waals surface area contributed by atoms with Gasteiger partial charge in [0.1, 0.15) is 0 Å². The first-order valence-corrected chi connectivity index (χ1v) is 7.67. The number of nitrogens with one attached hydrogen (secondary N) is 1. The van der Waals surface area contributed by atoms with Crippen molar-refractivity contribution in [3.63, 3.8) is 0 Å². The van der Waals surface area contributed by atoms with Gasteiger partial charge >= 0.3 is 0 Å². The number of carbonyl (C=O) groups excluding carboxylic acids is 2. The molecule has 4 aliphatic rings. The van der Waals surface area contributed by atoms with E-state index >= 15 is 0 Å². The van der Waals surface area contributed by atoms with E-state index in [0.29, 0.717) is 12.0 Å². The minimum atomic E-state index is -0.504. The van der Waals surface area contributed by atoms with Crippen molar-refractivity contribution in [1.29, 1.82) is 0 Å². The van der Waals surface area contributed by atoms with E-state index in [1.165, 1.54) is 11.3 Å². The molecule has 5 bridgehead atoms. The zero-order valence-corrected chi connectivity index (χ0v) is 12.7. The lowest BCUT2D eigenvalue weighted by molar-refractivity contribution is -0.135. The van der Waals surface area contributed by atoms with Gasteiger partial charge in [0.05, 0.1) is 0 Å². The summed E-state index contributed by atoms with van der Waals surface area (Å²) in [5.74, 6) is -0.451. The molecule has 0 fully saturated rings. The number of fused-ring (bicyclic) bond motifs is 1. The van der Waals surface area contributed by atoms with Crippen molar-refractivity contribution >= 4 is 11.7 Å². The third kappa shape index (κ3) is 1.40. The molecule has 21 heavy (non-hydrogen) atoms. The maximum absolute atomic E-state index is 12.6. The summed E-state index contributed by atoms with van der Waals surface area (Å²) in [5, 5.41) is 2.63. The van der Waals surface area contributed by atoms with Crippen LogP contribution in [0.15, 0.2) is 34.7 Å². The van der Waals surface area contributed by atoms with Crippen molar-refractivity contribution in [3.8, 4) is 0 Å². The zero-order chi connectivity index (χ0) is 14.9. The van der Waals surface area contributed by atoms with Crippen LogP contribution in [0.5, 0.6) is 0 Å². The number of rotatable bonds is 0. The highest BCUT2D eigenvalue weighted by atomic mass is 16.2. The highest BCUT2D eigenvalue weighted by Crippen LogP contribution is 2.56. The van der Waals surface area contributed by atoms with E-state index in [0.717, 1.165) is 30.4 Å². The topological polar surface area (TPSA) is 49.4 Å². The van der Waals surface area contributed by atoms with Gasteiger partial charge in [-0.1, -0.05) is 19.9 Å². The number of ketones is 1. The van der Waals surface area contributed by atoms with Crippen LogP contribution in [0.2, 0.25) is 0 Å². The lowest BCUT2D eigenvalue weighted by Crippen LogP contribution is -2.44. The smallest absolute Gasteiger partial charge is 0.296 e. The Kier molecular flexibility index (Phi) is 2.37.